The molecule has 5 unspecified atom stereocenters. The van der Waals surface area contributed by atoms with Crippen LogP contribution in [0.5, 0.6) is 0 Å². The number of hydrogen-bond acceptors (Lipinski definition) is 3. The van der Waals surface area contributed by atoms with E-state index in [2.05, 4.69) is 17.6 Å². The van der Waals surface area contributed by atoms with Crippen LogP contribution < -0.4 is 15.5 Å². The van der Waals surface area contributed by atoms with Crippen LogP contribution in [0, 0.1) is 17.8 Å². The molecule has 1 aliphatic carbocycles. The zero-order valence-electron chi connectivity index (χ0n) is 17.4. The van der Waals surface area contributed by atoms with Gasteiger partial charge in [0.15, 0.2) is 0 Å². The van der Waals surface area contributed by atoms with E-state index in [1.807, 2.05) is 0 Å². The van der Waals surface area contributed by atoms with Crippen molar-refractivity contribution in [3.63, 3.8) is 0 Å². The SMILES string of the molecule is CCCC1CC(=O)NC2CC(NC(=O)C3CC(=O)N(c4ccc(Cl)cc4)C3)CCC12. The Bertz CT molecular complexity index is 812. The smallest absolute Gasteiger partial charge is 0.227 e. The van der Waals surface area contributed by atoms with Gasteiger partial charge in [0.25, 0.3) is 0 Å². The van der Waals surface area contributed by atoms with Crippen LogP contribution in [0.2, 0.25) is 5.02 Å². The molecule has 1 aromatic rings. The zero-order chi connectivity index (χ0) is 21.3. The van der Waals surface area contributed by atoms with Gasteiger partial charge in [-0.1, -0.05) is 24.9 Å². The van der Waals surface area contributed by atoms with Crippen molar-refractivity contribution in [2.75, 3.05) is 11.4 Å². The highest BCUT2D eigenvalue weighted by atomic mass is 35.5. The number of hydrogen-bond donors (Lipinski definition) is 2. The monoisotopic (exact) mass is 431 g/mol. The van der Waals surface area contributed by atoms with Crippen molar-refractivity contribution in [3.8, 4) is 0 Å². The first-order valence-electron chi connectivity index (χ1n) is 11.1. The molecule has 6 nitrogen and oxygen atoms in total. The summed E-state index contributed by atoms with van der Waals surface area (Å²) in [6.07, 6.45) is 5.80. The molecule has 2 heterocycles. The predicted octanol–water partition coefficient (Wildman–Crippen LogP) is 3.28. The molecule has 2 aliphatic heterocycles. The molecule has 2 saturated heterocycles. The van der Waals surface area contributed by atoms with Crippen LogP contribution in [0.3, 0.4) is 0 Å². The van der Waals surface area contributed by atoms with Crippen molar-refractivity contribution >= 4 is 35.0 Å². The maximum Gasteiger partial charge on any atom is 0.227 e. The molecule has 3 amide bonds. The summed E-state index contributed by atoms with van der Waals surface area (Å²) in [6.45, 7) is 2.56. The van der Waals surface area contributed by atoms with E-state index in [9.17, 15) is 14.4 Å². The van der Waals surface area contributed by atoms with Gasteiger partial charge in [0.2, 0.25) is 17.7 Å². The van der Waals surface area contributed by atoms with E-state index in [-0.39, 0.29) is 42.1 Å². The number of nitrogens with zero attached hydrogens (tertiary/aromatic N) is 1. The summed E-state index contributed by atoms with van der Waals surface area (Å²) in [4.78, 5) is 39.1. The molecule has 162 valence electrons. The van der Waals surface area contributed by atoms with E-state index >= 15 is 0 Å². The van der Waals surface area contributed by atoms with Crippen LogP contribution in [0.25, 0.3) is 0 Å². The molecule has 4 rings (SSSR count). The van der Waals surface area contributed by atoms with E-state index in [4.69, 9.17) is 11.6 Å². The summed E-state index contributed by atoms with van der Waals surface area (Å²) in [5, 5.41) is 6.94. The number of benzene rings is 1. The first kappa shape index (κ1) is 21.2. The van der Waals surface area contributed by atoms with Gasteiger partial charge in [-0.25, -0.2) is 0 Å². The van der Waals surface area contributed by atoms with E-state index < -0.39 is 0 Å². The van der Waals surface area contributed by atoms with Crippen molar-refractivity contribution in [2.45, 2.75) is 64.0 Å². The largest absolute Gasteiger partial charge is 0.353 e. The lowest BCUT2D eigenvalue weighted by Crippen LogP contribution is -2.55. The summed E-state index contributed by atoms with van der Waals surface area (Å²) < 4.78 is 0. The van der Waals surface area contributed by atoms with Gasteiger partial charge in [0.05, 0.1) is 5.92 Å². The normalized spacial score (nSPS) is 31.3. The molecule has 3 fully saturated rings. The van der Waals surface area contributed by atoms with Crippen LogP contribution in [0.4, 0.5) is 5.69 Å². The molecule has 0 spiro atoms. The van der Waals surface area contributed by atoms with Crippen LogP contribution in [0.1, 0.15) is 51.9 Å². The molecule has 30 heavy (non-hydrogen) atoms. The Balaban J connectivity index is 1.34. The number of rotatable bonds is 5. The van der Waals surface area contributed by atoms with Gasteiger partial charge in [-0.2, -0.15) is 0 Å². The van der Waals surface area contributed by atoms with Crippen molar-refractivity contribution < 1.29 is 14.4 Å². The second-order valence-corrected chi connectivity index (χ2v) is 9.43. The maximum absolute atomic E-state index is 12.9. The molecular formula is C23H30ClN3O3. The molecule has 1 aromatic carbocycles. The summed E-state index contributed by atoms with van der Waals surface area (Å²) >= 11 is 5.93. The fraction of sp³-hybridized carbons (Fsp3) is 0.609. The summed E-state index contributed by atoms with van der Waals surface area (Å²) in [5.41, 5.74) is 0.770. The Morgan fingerprint density at radius 3 is 2.70 bits per heavy atom. The Morgan fingerprint density at radius 2 is 1.97 bits per heavy atom. The average molecular weight is 432 g/mol. The highest BCUT2D eigenvalue weighted by Crippen LogP contribution is 2.38. The van der Waals surface area contributed by atoms with E-state index in [0.29, 0.717) is 29.8 Å². The number of amides is 3. The lowest BCUT2D eigenvalue weighted by atomic mass is 9.70. The van der Waals surface area contributed by atoms with Crippen LogP contribution in [-0.4, -0.2) is 36.3 Å². The topological polar surface area (TPSA) is 78.5 Å². The fourth-order valence-corrected chi connectivity index (χ4v) is 5.60. The molecule has 0 aromatic heterocycles. The van der Waals surface area contributed by atoms with E-state index in [1.165, 1.54) is 0 Å². The molecule has 1 saturated carbocycles. The number of carbonyl (C=O) groups excluding carboxylic acids is 3. The number of halogens is 1. The Morgan fingerprint density at radius 1 is 1.20 bits per heavy atom. The van der Waals surface area contributed by atoms with Crippen molar-refractivity contribution in [1.29, 1.82) is 0 Å². The summed E-state index contributed by atoms with van der Waals surface area (Å²) in [6, 6.07) is 7.32. The minimum atomic E-state index is -0.348. The zero-order valence-corrected chi connectivity index (χ0v) is 18.2. The van der Waals surface area contributed by atoms with Crippen molar-refractivity contribution in [3.05, 3.63) is 29.3 Å². The molecule has 3 aliphatic rings. The minimum Gasteiger partial charge on any atom is -0.353 e. The van der Waals surface area contributed by atoms with Gasteiger partial charge < -0.3 is 15.5 Å². The molecule has 0 radical (unpaired) electrons. The second kappa shape index (κ2) is 8.96. The Hall–Kier alpha value is -2.08. The summed E-state index contributed by atoms with van der Waals surface area (Å²) in [5.74, 6) is 0.676. The number of anilines is 1. The first-order valence-corrected chi connectivity index (χ1v) is 11.5. The third-order valence-electron chi connectivity index (χ3n) is 6.94. The van der Waals surface area contributed by atoms with Gasteiger partial charge >= 0.3 is 0 Å². The standard InChI is InChI=1S/C23H30ClN3O3/c1-2-3-14-10-21(28)26-20-12-17(6-9-19(14)20)25-23(30)15-11-22(29)27(13-15)18-7-4-16(24)5-8-18/h4-5,7-8,14-15,17,19-20H,2-3,6,9-13H2,1H3,(H,25,30)(H,26,28). The van der Waals surface area contributed by atoms with Gasteiger partial charge in [-0.3, -0.25) is 14.4 Å². The highest BCUT2D eigenvalue weighted by molar-refractivity contribution is 6.30. The molecule has 0 bridgehead atoms. The van der Waals surface area contributed by atoms with Gasteiger partial charge in [-0.05, 0) is 61.8 Å². The quantitative estimate of drug-likeness (QED) is 0.750. The van der Waals surface area contributed by atoms with E-state index in [0.717, 1.165) is 37.8 Å². The third kappa shape index (κ3) is 4.48. The second-order valence-electron chi connectivity index (χ2n) is 8.99. The van der Waals surface area contributed by atoms with Crippen molar-refractivity contribution in [1.82, 2.24) is 10.6 Å². The highest BCUT2D eigenvalue weighted by Gasteiger charge is 2.41. The lowest BCUT2D eigenvalue weighted by molar-refractivity contribution is -0.128. The molecule has 7 heteroatoms. The van der Waals surface area contributed by atoms with Gasteiger partial charge in [0.1, 0.15) is 0 Å². The maximum atomic E-state index is 12.9. The van der Waals surface area contributed by atoms with Gasteiger partial charge in [-0.15, -0.1) is 0 Å². The van der Waals surface area contributed by atoms with Crippen LogP contribution >= 0.6 is 11.6 Å². The number of carbonyl (C=O) groups is 3. The molecule has 5 atom stereocenters. The van der Waals surface area contributed by atoms with Crippen molar-refractivity contribution in [2.24, 2.45) is 17.8 Å². The van der Waals surface area contributed by atoms with Crippen LogP contribution in [0.15, 0.2) is 24.3 Å². The Kier molecular flexibility index (Phi) is 6.32. The lowest BCUT2D eigenvalue weighted by Gasteiger charge is -2.44. The first-order chi connectivity index (χ1) is 14.4. The van der Waals surface area contributed by atoms with Crippen LogP contribution in [-0.2, 0) is 14.4 Å². The Labute approximate surface area is 182 Å². The third-order valence-corrected chi connectivity index (χ3v) is 7.20. The fourth-order valence-electron chi connectivity index (χ4n) is 5.47. The average Bonchev–Trinajstić information content (AvgIpc) is 3.10. The number of nitrogens with one attached hydrogen (secondary N) is 2. The van der Waals surface area contributed by atoms with Gasteiger partial charge in [0, 0.05) is 42.2 Å². The minimum absolute atomic E-state index is 0.0388. The summed E-state index contributed by atoms with van der Waals surface area (Å²) in [7, 11) is 0. The number of piperidine rings is 1. The predicted molar refractivity (Wildman–Crippen MR) is 116 cm³/mol. The molecule has 2 N–H and O–H groups in total. The molecular weight excluding hydrogens is 402 g/mol. The van der Waals surface area contributed by atoms with E-state index in [1.54, 1.807) is 29.2 Å². The number of fused-ring (bicyclic) bond motifs is 1.